The van der Waals surface area contributed by atoms with Gasteiger partial charge < -0.3 is 0 Å². The van der Waals surface area contributed by atoms with Crippen LogP contribution >= 0.6 is 11.3 Å². The van der Waals surface area contributed by atoms with Gasteiger partial charge in [0.25, 0.3) is 0 Å². The summed E-state index contributed by atoms with van der Waals surface area (Å²) < 4.78 is 40.7. The van der Waals surface area contributed by atoms with Gasteiger partial charge in [-0.2, -0.15) is 18.3 Å². The van der Waals surface area contributed by atoms with E-state index < -0.39 is 11.9 Å². The molecule has 0 aromatic carbocycles. The summed E-state index contributed by atoms with van der Waals surface area (Å²) >= 11 is 1.45. The molecule has 0 aliphatic rings. The van der Waals surface area contributed by atoms with Crippen molar-refractivity contribution in [2.75, 3.05) is 4.90 Å². The van der Waals surface area contributed by atoms with E-state index in [0.717, 1.165) is 20.9 Å². The number of aromatic nitrogens is 2. The SMILES string of the molecule is CC(C)CC(C)c1sccc1N(C=O)c1cn(C)nc1C(F)(F)F. The first-order chi connectivity index (χ1) is 11.1. The van der Waals surface area contributed by atoms with Gasteiger partial charge in [-0.15, -0.1) is 11.3 Å². The van der Waals surface area contributed by atoms with Gasteiger partial charge in [0.2, 0.25) is 6.41 Å². The van der Waals surface area contributed by atoms with Gasteiger partial charge in [0, 0.05) is 18.1 Å². The van der Waals surface area contributed by atoms with E-state index in [-0.39, 0.29) is 11.6 Å². The minimum atomic E-state index is -4.63. The van der Waals surface area contributed by atoms with Gasteiger partial charge in [-0.25, -0.2) is 0 Å². The number of hydrogen-bond acceptors (Lipinski definition) is 3. The largest absolute Gasteiger partial charge is 0.437 e. The summed E-state index contributed by atoms with van der Waals surface area (Å²) in [5, 5.41) is 5.27. The van der Waals surface area contributed by atoms with E-state index in [0.29, 0.717) is 18.0 Å². The molecule has 0 fully saturated rings. The fourth-order valence-corrected chi connectivity index (χ4v) is 3.75. The Morgan fingerprint density at radius 3 is 2.54 bits per heavy atom. The average molecular weight is 359 g/mol. The minimum Gasteiger partial charge on any atom is -0.279 e. The molecular formula is C16H20F3N3OS. The van der Waals surface area contributed by atoms with Gasteiger partial charge in [0.1, 0.15) is 0 Å². The summed E-state index contributed by atoms with van der Waals surface area (Å²) in [5.41, 5.74) is -0.830. The van der Waals surface area contributed by atoms with Crippen molar-refractivity contribution in [1.82, 2.24) is 9.78 Å². The normalized spacial score (nSPS) is 13.3. The fourth-order valence-electron chi connectivity index (χ4n) is 2.79. The zero-order valence-electron chi connectivity index (χ0n) is 14.0. The van der Waals surface area contributed by atoms with Crippen molar-refractivity contribution in [3.63, 3.8) is 0 Å². The maximum absolute atomic E-state index is 13.2. The molecule has 0 saturated carbocycles. The van der Waals surface area contributed by atoms with Crippen LogP contribution in [0, 0.1) is 5.92 Å². The van der Waals surface area contributed by atoms with Gasteiger partial charge in [-0.3, -0.25) is 14.4 Å². The van der Waals surface area contributed by atoms with Crippen LogP contribution in [-0.2, 0) is 18.0 Å². The number of carbonyl (C=O) groups is 1. The topological polar surface area (TPSA) is 38.1 Å². The Morgan fingerprint density at radius 1 is 1.33 bits per heavy atom. The van der Waals surface area contributed by atoms with E-state index in [1.54, 1.807) is 11.4 Å². The van der Waals surface area contributed by atoms with Crippen LogP contribution in [0.5, 0.6) is 0 Å². The molecule has 2 heterocycles. The van der Waals surface area contributed by atoms with E-state index in [1.165, 1.54) is 24.6 Å². The molecule has 4 nitrogen and oxygen atoms in total. The molecule has 0 aliphatic carbocycles. The van der Waals surface area contributed by atoms with Crippen LogP contribution in [0.3, 0.4) is 0 Å². The lowest BCUT2D eigenvalue weighted by Gasteiger charge is -2.21. The standard InChI is InChI=1S/C16H20F3N3OS/c1-10(2)7-11(3)14-12(5-6-24-14)22(9-23)13-8-21(4)20-15(13)16(17,18)19/h5-6,8-11H,7H2,1-4H3. The van der Waals surface area contributed by atoms with Crippen molar-refractivity contribution in [1.29, 1.82) is 0 Å². The highest BCUT2D eigenvalue weighted by Crippen LogP contribution is 2.42. The molecule has 1 atom stereocenters. The van der Waals surface area contributed by atoms with Crippen LogP contribution in [0.25, 0.3) is 0 Å². The second kappa shape index (κ2) is 6.96. The summed E-state index contributed by atoms with van der Waals surface area (Å²) in [6, 6.07) is 1.68. The maximum Gasteiger partial charge on any atom is 0.437 e. The first-order valence-corrected chi connectivity index (χ1v) is 8.45. The maximum atomic E-state index is 13.2. The number of amides is 1. The highest BCUT2D eigenvalue weighted by Gasteiger charge is 2.39. The Labute approximate surface area is 142 Å². The quantitative estimate of drug-likeness (QED) is 0.685. The predicted octanol–water partition coefficient (Wildman–Crippen LogP) is 4.94. The smallest absolute Gasteiger partial charge is 0.279 e. The second-order valence-corrected chi connectivity index (χ2v) is 7.16. The Hall–Kier alpha value is -1.83. The molecule has 132 valence electrons. The number of alkyl halides is 3. The third-order valence-corrected chi connectivity index (χ3v) is 4.79. The molecule has 0 N–H and O–H groups in total. The zero-order chi connectivity index (χ0) is 18.1. The number of rotatable bonds is 6. The number of anilines is 2. The predicted molar refractivity (Wildman–Crippen MR) is 88.6 cm³/mol. The Balaban J connectivity index is 2.48. The average Bonchev–Trinajstić information content (AvgIpc) is 3.06. The lowest BCUT2D eigenvalue weighted by Crippen LogP contribution is -2.19. The fraction of sp³-hybridized carbons (Fsp3) is 0.500. The van der Waals surface area contributed by atoms with Crippen LogP contribution in [-0.4, -0.2) is 16.2 Å². The van der Waals surface area contributed by atoms with Crippen molar-refractivity contribution in [3.05, 3.63) is 28.2 Å². The molecule has 2 aromatic rings. The number of aryl methyl sites for hydroxylation is 1. The third kappa shape index (κ3) is 3.80. The molecule has 2 rings (SSSR count). The molecule has 2 aromatic heterocycles. The molecule has 1 unspecified atom stereocenters. The van der Waals surface area contributed by atoms with Crippen LogP contribution in [0.15, 0.2) is 17.6 Å². The summed E-state index contributed by atoms with van der Waals surface area (Å²) in [4.78, 5) is 13.6. The Bertz CT molecular complexity index is 706. The monoisotopic (exact) mass is 359 g/mol. The second-order valence-electron chi connectivity index (χ2n) is 6.21. The minimum absolute atomic E-state index is 0.147. The third-order valence-electron chi connectivity index (χ3n) is 3.65. The molecular weight excluding hydrogens is 339 g/mol. The van der Waals surface area contributed by atoms with E-state index in [4.69, 9.17) is 0 Å². The van der Waals surface area contributed by atoms with E-state index in [9.17, 15) is 18.0 Å². The van der Waals surface area contributed by atoms with E-state index >= 15 is 0 Å². The van der Waals surface area contributed by atoms with Gasteiger partial charge in [-0.1, -0.05) is 20.8 Å². The van der Waals surface area contributed by atoms with Crippen molar-refractivity contribution < 1.29 is 18.0 Å². The Kier molecular flexibility index (Phi) is 5.37. The van der Waals surface area contributed by atoms with Crippen LogP contribution < -0.4 is 4.90 Å². The lowest BCUT2D eigenvalue weighted by molar-refractivity contribution is -0.140. The molecule has 0 saturated heterocycles. The number of hydrogen-bond donors (Lipinski definition) is 0. The molecule has 0 bridgehead atoms. The molecule has 0 spiro atoms. The Morgan fingerprint density at radius 2 is 2.00 bits per heavy atom. The van der Waals surface area contributed by atoms with Gasteiger partial charge >= 0.3 is 6.18 Å². The number of nitrogens with zero attached hydrogens (tertiary/aromatic N) is 3. The first kappa shape index (κ1) is 18.5. The van der Waals surface area contributed by atoms with E-state index in [1.807, 2.05) is 6.92 Å². The highest BCUT2D eigenvalue weighted by atomic mass is 32.1. The molecule has 8 heteroatoms. The number of halogens is 3. The number of carbonyl (C=O) groups excluding carboxylic acids is 1. The highest BCUT2D eigenvalue weighted by molar-refractivity contribution is 7.10. The van der Waals surface area contributed by atoms with Crippen molar-refractivity contribution in [2.24, 2.45) is 13.0 Å². The van der Waals surface area contributed by atoms with Crippen LogP contribution in [0.4, 0.5) is 24.5 Å². The van der Waals surface area contributed by atoms with Crippen LogP contribution in [0.1, 0.15) is 43.7 Å². The zero-order valence-corrected chi connectivity index (χ0v) is 14.8. The van der Waals surface area contributed by atoms with Crippen molar-refractivity contribution in [2.45, 2.75) is 39.3 Å². The molecule has 0 aliphatic heterocycles. The summed E-state index contributed by atoms with van der Waals surface area (Å²) in [5.74, 6) is 0.595. The van der Waals surface area contributed by atoms with Gasteiger partial charge in [0.15, 0.2) is 5.69 Å². The lowest BCUT2D eigenvalue weighted by atomic mass is 9.96. The summed E-state index contributed by atoms with van der Waals surface area (Å²) in [6.07, 6.45) is -2.11. The molecule has 24 heavy (non-hydrogen) atoms. The van der Waals surface area contributed by atoms with E-state index in [2.05, 4.69) is 18.9 Å². The molecule has 1 amide bonds. The number of thiophene rings is 1. The van der Waals surface area contributed by atoms with Crippen LogP contribution in [0.2, 0.25) is 0 Å². The molecule has 0 radical (unpaired) electrons. The van der Waals surface area contributed by atoms with Gasteiger partial charge in [0.05, 0.1) is 11.4 Å². The van der Waals surface area contributed by atoms with Crippen molar-refractivity contribution in [3.8, 4) is 0 Å². The first-order valence-electron chi connectivity index (χ1n) is 7.57. The summed E-state index contributed by atoms with van der Waals surface area (Å²) in [7, 11) is 1.40. The summed E-state index contributed by atoms with van der Waals surface area (Å²) in [6.45, 7) is 6.19. The van der Waals surface area contributed by atoms with Gasteiger partial charge in [-0.05, 0) is 29.7 Å². The van der Waals surface area contributed by atoms with Crippen molar-refractivity contribution >= 4 is 29.1 Å².